The zero-order valence-corrected chi connectivity index (χ0v) is 15.8. The van der Waals surface area contributed by atoms with E-state index in [1.165, 1.54) is 16.5 Å². The average Bonchev–Trinajstić information content (AvgIpc) is 3.01. The summed E-state index contributed by atoms with van der Waals surface area (Å²) in [6.45, 7) is 6.14. The number of hydrogen-bond acceptors (Lipinski definition) is 2. The summed E-state index contributed by atoms with van der Waals surface area (Å²) >= 11 is 0. The minimum absolute atomic E-state index is 0.0712. The maximum Gasteiger partial charge on any atom is 0.261 e. The Kier molecular flexibility index (Phi) is 3.67. The van der Waals surface area contributed by atoms with Crippen molar-refractivity contribution < 1.29 is 0 Å². The van der Waals surface area contributed by atoms with Crippen molar-refractivity contribution >= 4 is 21.8 Å². The second kappa shape index (κ2) is 6.08. The summed E-state index contributed by atoms with van der Waals surface area (Å²) in [5, 5.41) is 2.00. The molecule has 0 radical (unpaired) electrons. The summed E-state index contributed by atoms with van der Waals surface area (Å²) in [5.74, 6) is 1.44. The second-order valence-corrected chi connectivity index (χ2v) is 7.84. The van der Waals surface area contributed by atoms with Crippen molar-refractivity contribution in [3.8, 4) is 11.5 Å². The Labute approximate surface area is 158 Å². The lowest BCUT2D eigenvalue weighted by atomic mass is 10.0. The monoisotopic (exact) mass is 357 g/mol. The molecule has 5 rings (SSSR count). The highest BCUT2D eigenvalue weighted by molar-refractivity contribution is 5.92. The Morgan fingerprint density at radius 2 is 1.78 bits per heavy atom. The molecule has 0 saturated carbocycles. The Morgan fingerprint density at radius 1 is 1.04 bits per heavy atom. The third-order valence-corrected chi connectivity index (χ3v) is 5.66. The Hall–Kier alpha value is -2.88. The van der Waals surface area contributed by atoms with Gasteiger partial charge in [-0.15, -0.1) is 0 Å². The van der Waals surface area contributed by atoms with Crippen molar-refractivity contribution in [3.63, 3.8) is 0 Å². The summed E-state index contributed by atoms with van der Waals surface area (Å²) in [7, 11) is 0. The van der Waals surface area contributed by atoms with Crippen LogP contribution in [0.25, 0.3) is 33.3 Å². The topological polar surface area (TPSA) is 39.8 Å². The van der Waals surface area contributed by atoms with Crippen LogP contribution in [0.15, 0.2) is 53.3 Å². The molecule has 4 nitrogen and oxygen atoms in total. The molecule has 0 bridgehead atoms. The molecule has 0 fully saturated rings. The van der Waals surface area contributed by atoms with Crippen LogP contribution < -0.4 is 5.56 Å². The van der Waals surface area contributed by atoms with Gasteiger partial charge in [0.2, 0.25) is 0 Å². The molecule has 136 valence electrons. The van der Waals surface area contributed by atoms with E-state index in [4.69, 9.17) is 4.98 Å². The molecule has 4 aromatic rings. The van der Waals surface area contributed by atoms with Gasteiger partial charge in [-0.3, -0.25) is 9.36 Å². The maximum atomic E-state index is 13.1. The minimum atomic E-state index is 0.0712. The van der Waals surface area contributed by atoms with Gasteiger partial charge < -0.3 is 4.57 Å². The van der Waals surface area contributed by atoms with Crippen LogP contribution >= 0.6 is 0 Å². The molecule has 0 amide bonds. The summed E-state index contributed by atoms with van der Waals surface area (Å²) in [4.78, 5) is 18.0. The lowest BCUT2D eigenvalue weighted by molar-refractivity contribution is 0.522. The van der Waals surface area contributed by atoms with E-state index in [0.717, 1.165) is 36.4 Å². The minimum Gasteiger partial charge on any atom is -0.338 e. The van der Waals surface area contributed by atoms with E-state index in [-0.39, 0.29) is 5.56 Å². The number of rotatable bonds is 3. The molecule has 0 N–H and O–H groups in total. The van der Waals surface area contributed by atoms with E-state index >= 15 is 0 Å². The standard InChI is InChI=1S/C23H23N3O/c1-15(2)11-13-25-20-10-6-4-7-16(20)17-12-14-26-22(21(17)25)24-19-9-5-3-8-18(19)23(26)27/h3-10,15H,11-14H2,1-2H3. The smallest absolute Gasteiger partial charge is 0.261 e. The molecule has 4 heteroatoms. The van der Waals surface area contributed by atoms with Crippen LogP contribution in [-0.4, -0.2) is 14.1 Å². The van der Waals surface area contributed by atoms with Gasteiger partial charge in [0, 0.05) is 24.0 Å². The van der Waals surface area contributed by atoms with Crippen LogP contribution in [0.3, 0.4) is 0 Å². The number of benzene rings is 2. The molecule has 2 aromatic carbocycles. The molecule has 0 unspecified atom stereocenters. The molecule has 1 aliphatic rings. The van der Waals surface area contributed by atoms with Gasteiger partial charge in [0.15, 0.2) is 5.82 Å². The van der Waals surface area contributed by atoms with E-state index in [1.807, 2.05) is 28.8 Å². The quantitative estimate of drug-likeness (QED) is 0.537. The molecule has 3 heterocycles. The van der Waals surface area contributed by atoms with Crippen LogP contribution in [0.2, 0.25) is 0 Å². The Bertz CT molecular complexity index is 1230. The van der Waals surface area contributed by atoms with Gasteiger partial charge in [0.25, 0.3) is 5.56 Å². The van der Waals surface area contributed by atoms with Gasteiger partial charge in [0.05, 0.1) is 16.6 Å². The van der Waals surface area contributed by atoms with Gasteiger partial charge in [0.1, 0.15) is 0 Å². The molecular weight excluding hydrogens is 334 g/mol. The van der Waals surface area contributed by atoms with Crippen LogP contribution in [0, 0.1) is 5.92 Å². The van der Waals surface area contributed by atoms with Crippen LogP contribution in [0.4, 0.5) is 0 Å². The molecule has 1 aliphatic heterocycles. The van der Waals surface area contributed by atoms with E-state index in [9.17, 15) is 4.79 Å². The van der Waals surface area contributed by atoms with Crippen molar-refractivity contribution in [1.29, 1.82) is 0 Å². The number of nitrogens with zero attached hydrogens (tertiary/aromatic N) is 3. The number of aryl methyl sites for hydroxylation is 2. The van der Waals surface area contributed by atoms with Crippen LogP contribution in [-0.2, 0) is 19.5 Å². The fraction of sp³-hybridized carbons (Fsp3) is 0.304. The highest BCUT2D eigenvalue weighted by Crippen LogP contribution is 2.36. The molecule has 0 spiro atoms. The Morgan fingerprint density at radius 3 is 2.59 bits per heavy atom. The lowest BCUT2D eigenvalue weighted by Crippen LogP contribution is -2.28. The van der Waals surface area contributed by atoms with Crippen molar-refractivity contribution in [3.05, 3.63) is 64.4 Å². The van der Waals surface area contributed by atoms with Gasteiger partial charge in [-0.05, 0) is 42.5 Å². The molecule has 2 aromatic heterocycles. The van der Waals surface area contributed by atoms with Crippen LogP contribution in [0.1, 0.15) is 25.8 Å². The fourth-order valence-corrected chi connectivity index (χ4v) is 4.28. The number of aromatic nitrogens is 3. The SMILES string of the molecule is CC(C)CCn1c2c(c3ccccc31)CCn1c-2nc2ccccc2c1=O. The summed E-state index contributed by atoms with van der Waals surface area (Å²) < 4.78 is 4.26. The molecule has 0 aliphatic carbocycles. The predicted octanol–water partition coefficient (Wildman–Crippen LogP) is 4.62. The molecule has 27 heavy (non-hydrogen) atoms. The van der Waals surface area contributed by atoms with Gasteiger partial charge in [-0.1, -0.05) is 44.2 Å². The number of hydrogen-bond donors (Lipinski definition) is 0. The van der Waals surface area contributed by atoms with Gasteiger partial charge in [-0.25, -0.2) is 4.98 Å². The summed E-state index contributed by atoms with van der Waals surface area (Å²) in [6, 6.07) is 16.3. The number of para-hydroxylation sites is 2. The molecule has 0 atom stereocenters. The van der Waals surface area contributed by atoms with Crippen molar-refractivity contribution in [2.24, 2.45) is 5.92 Å². The zero-order chi connectivity index (χ0) is 18.5. The first kappa shape index (κ1) is 16.3. The van der Waals surface area contributed by atoms with Crippen molar-refractivity contribution in [2.75, 3.05) is 0 Å². The normalized spacial score (nSPS) is 13.3. The van der Waals surface area contributed by atoms with Crippen molar-refractivity contribution in [1.82, 2.24) is 14.1 Å². The predicted molar refractivity (Wildman–Crippen MR) is 110 cm³/mol. The van der Waals surface area contributed by atoms with Crippen molar-refractivity contribution in [2.45, 2.75) is 39.8 Å². The first-order chi connectivity index (χ1) is 13.1. The second-order valence-electron chi connectivity index (χ2n) is 7.84. The highest BCUT2D eigenvalue weighted by Gasteiger charge is 2.27. The molecule has 0 saturated heterocycles. The van der Waals surface area contributed by atoms with Gasteiger partial charge >= 0.3 is 0 Å². The zero-order valence-electron chi connectivity index (χ0n) is 15.8. The van der Waals surface area contributed by atoms with Crippen LogP contribution in [0.5, 0.6) is 0 Å². The van der Waals surface area contributed by atoms with E-state index in [0.29, 0.717) is 17.8 Å². The largest absolute Gasteiger partial charge is 0.338 e. The molecular formula is C23H23N3O. The van der Waals surface area contributed by atoms with E-state index in [1.54, 1.807) is 0 Å². The number of fused-ring (bicyclic) bond motifs is 6. The third-order valence-electron chi connectivity index (χ3n) is 5.66. The van der Waals surface area contributed by atoms with Gasteiger partial charge in [-0.2, -0.15) is 0 Å². The third kappa shape index (κ3) is 2.43. The lowest BCUT2D eigenvalue weighted by Gasteiger charge is -2.21. The fourth-order valence-electron chi connectivity index (χ4n) is 4.28. The van der Waals surface area contributed by atoms with E-state index in [2.05, 4.69) is 42.7 Å². The van der Waals surface area contributed by atoms with E-state index < -0.39 is 0 Å². The summed E-state index contributed by atoms with van der Waals surface area (Å²) in [5.41, 5.74) is 4.56. The maximum absolute atomic E-state index is 13.1. The first-order valence-corrected chi connectivity index (χ1v) is 9.75. The first-order valence-electron chi connectivity index (χ1n) is 9.75. The average molecular weight is 357 g/mol. The highest BCUT2D eigenvalue weighted by atomic mass is 16.1. The summed E-state index contributed by atoms with van der Waals surface area (Å²) in [6.07, 6.45) is 1.97. The Balaban J connectivity index is 1.85.